The molecular formula is CuFeMgMnNiZn. The summed E-state index contributed by atoms with van der Waals surface area (Å²) in [5.74, 6) is 0. The fourth-order valence-electron chi connectivity index (χ4n) is 0. The monoisotopic (exact) mass is 320 g/mol. The average Bonchev–Trinajstić information content (AvgIpc) is 0. The molecule has 0 unspecified atom stereocenters. The van der Waals surface area contributed by atoms with Crippen molar-refractivity contribution < 1.29 is 87.2 Å². The van der Waals surface area contributed by atoms with Crippen LogP contribution in [0.1, 0.15) is 0 Å². The van der Waals surface area contributed by atoms with Crippen molar-refractivity contribution in [1.29, 1.82) is 0 Å². The summed E-state index contributed by atoms with van der Waals surface area (Å²) in [6.07, 6.45) is 0. The maximum Gasteiger partial charge on any atom is 0 e. The summed E-state index contributed by atoms with van der Waals surface area (Å²) in [5.41, 5.74) is 0. The summed E-state index contributed by atoms with van der Waals surface area (Å²) in [7, 11) is 0. The van der Waals surface area contributed by atoms with Crippen LogP contribution in [0.5, 0.6) is 0 Å². The molecule has 0 nitrogen and oxygen atoms in total. The quantitative estimate of drug-likeness (QED) is 0.533. The second-order valence-electron chi connectivity index (χ2n) is 0. The number of hydrogen-bond donors (Lipinski definition) is 0. The largest absolute Gasteiger partial charge is 0 e. The van der Waals surface area contributed by atoms with Crippen LogP contribution in [0.15, 0.2) is 0 Å². The average molecular weight is 323 g/mol. The Labute approximate surface area is 108 Å². The van der Waals surface area contributed by atoms with Gasteiger partial charge < -0.3 is 0 Å². The van der Waals surface area contributed by atoms with Crippen molar-refractivity contribution in [3.63, 3.8) is 0 Å². The van der Waals surface area contributed by atoms with E-state index in [0.717, 1.165) is 0 Å². The molecule has 0 saturated carbocycles. The molecule has 0 amide bonds. The third-order valence-corrected chi connectivity index (χ3v) is 0. The molecule has 6 heteroatoms. The van der Waals surface area contributed by atoms with Gasteiger partial charge in [-0.2, -0.15) is 0 Å². The van der Waals surface area contributed by atoms with Gasteiger partial charge in [-0.05, 0) is 0 Å². The first-order valence-corrected chi connectivity index (χ1v) is 0. The summed E-state index contributed by atoms with van der Waals surface area (Å²) in [6, 6.07) is 0. The van der Waals surface area contributed by atoms with Crippen molar-refractivity contribution in [3.8, 4) is 0 Å². The molecule has 0 saturated heterocycles. The van der Waals surface area contributed by atoms with Crippen molar-refractivity contribution >= 4 is 23.1 Å². The summed E-state index contributed by atoms with van der Waals surface area (Å²) in [5, 5.41) is 0. The van der Waals surface area contributed by atoms with E-state index in [0.29, 0.717) is 0 Å². The van der Waals surface area contributed by atoms with Gasteiger partial charge in [-0.25, -0.2) is 0 Å². The van der Waals surface area contributed by atoms with Gasteiger partial charge in [0.25, 0.3) is 0 Å². The van der Waals surface area contributed by atoms with Crippen molar-refractivity contribution in [2.45, 2.75) is 0 Å². The zero-order valence-electron chi connectivity index (χ0n) is 2.76. The number of rotatable bonds is 0. The Balaban J connectivity index is 0. The smallest absolute Gasteiger partial charge is 0 e. The van der Waals surface area contributed by atoms with Gasteiger partial charge >= 0.3 is 0 Å². The van der Waals surface area contributed by atoms with Gasteiger partial charge in [0.15, 0.2) is 0 Å². The molecule has 6 heavy (non-hydrogen) atoms. The van der Waals surface area contributed by atoms with Crippen molar-refractivity contribution in [2.75, 3.05) is 0 Å². The van der Waals surface area contributed by atoms with Crippen LogP contribution in [0.25, 0.3) is 0 Å². The van der Waals surface area contributed by atoms with Crippen LogP contribution in [-0.2, 0) is 87.2 Å². The van der Waals surface area contributed by atoms with Gasteiger partial charge in [-0.15, -0.1) is 0 Å². The first-order chi connectivity index (χ1) is 0. The van der Waals surface area contributed by atoms with Crippen LogP contribution >= 0.6 is 0 Å². The fraction of sp³-hybridized carbons (Fsp3) is 0. The van der Waals surface area contributed by atoms with Gasteiger partial charge in [-0.1, -0.05) is 0 Å². The van der Waals surface area contributed by atoms with Crippen molar-refractivity contribution in [1.82, 2.24) is 0 Å². The molecule has 0 heterocycles. The Hall–Kier alpha value is 3.44. The van der Waals surface area contributed by atoms with E-state index in [1.54, 1.807) is 0 Å². The second kappa shape index (κ2) is 39.5. The first kappa shape index (κ1) is 56.8. The van der Waals surface area contributed by atoms with E-state index >= 15 is 0 Å². The van der Waals surface area contributed by atoms with E-state index in [-0.39, 0.29) is 110 Å². The molecule has 0 aromatic carbocycles. The molecule has 0 bridgehead atoms. The standard InChI is InChI=1S/Cu.Fe.Mg.Mn.Ni.Zn. The zero-order chi connectivity index (χ0) is 0. The fourth-order valence-corrected chi connectivity index (χ4v) is 0. The Bertz CT molecular complexity index is 15.5. The minimum atomic E-state index is 0. The summed E-state index contributed by atoms with van der Waals surface area (Å²) in [6.45, 7) is 0. The van der Waals surface area contributed by atoms with E-state index in [1.807, 2.05) is 0 Å². The van der Waals surface area contributed by atoms with Crippen LogP contribution in [0, 0.1) is 0 Å². The Morgan fingerprint density at radius 3 is 1.00 bits per heavy atom. The SMILES string of the molecule is [Cu].[Fe].[Mg].[Mn].[Ni].[Zn]. The molecule has 0 aliphatic heterocycles. The topological polar surface area (TPSA) is 0 Å². The normalized spacial score (nSPS) is 0. The molecule has 0 rings (SSSR count). The number of hydrogen-bond acceptors (Lipinski definition) is 0. The Morgan fingerprint density at radius 2 is 1.00 bits per heavy atom. The van der Waals surface area contributed by atoms with Gasteiger partial charge in [0.05, 0.1) is 0 Å². The maximum atomic E-state index is 0. The van der Waals surface area contributed by atoms with E-state index < -0.39 is 0 Å². The predicted octanol–water partition coefficient (Wildman–Crippen LogP) is -0.393. The molecule has 0 spiro atoms. The predicted molar refractivity (Wildman–Crippen MR) is 5.75 cm³/mol. The molecule has 40 valence electrons. The molecule has 0 atom stereocenters. The summed E-state index contributed by atoms with van der Waals surface area (Å²) >= 11 is 0. The van der Waals surface area contributed by atoms with Crippen molar-refractivity contribution in [2.24, 2.45) is 0 Å². The second-order valence-corrected chi connectivity index (χ2v) is 0. The molecular weight excluding hydrogens is 323 g/mol. The van der Waals surface area contributed by atoms with Crippen LogP contribution < -0.4 is 0 Å². The minimum absolute atomic E-state index is 0. The summed E-state index contributed by atoms with van der Waals surface area (Å²) < 4.78 is 0. The molecule has 0 fully saturated rings. The third-order valence-electron chi connectivity index (χ3n) is 0. The maximum absolute atomic E-state index is 0. The molecule has 0 aromatic rings. The minimum Gasteiger partial charge on any atom is 0 e. The Kier molecular flexibility index (Phi) is 374. The summed E-state index contributed by atoms with van der Waals surface area (Å²) in [4.78, 5) is 0. The van der Waals surface area contributed by atoms with Gasteiger partial charge in [0.2, 0.25) is 0 Å². The molecule has 0 aliphatic rings. The van der Waals surface area contributed by atoms with Crippen molar-refractivity contribution in [3.05, 3.63) is 0 Å². The molecule has 4 radical (unpaired) electrons. The third kappa shape index (κ3) is 26.1. The van der Waals surface area contributed by atoms with Crippen LogP contribution in [-0.4, -0.2) is 23.1 Å². The molecule has 0 aliphatic carbocycles. The van der Waals surface area contributed by atoms with Crippen LogP contribution in [0.2, 0.25) is 0 Å². The molecule has 0 aromatic heterocycles. The first-order valence-electron chi connectivity index (χ1n) is 0. The van der Waals surface area contributed by atoms with Crippen LogP contribution in [0.4, 0.5) is 0 Å². The van der Waals surface area contributed by atoms with E-state index in [9.17, 15) is 0 Å². The van der Waals surface area contributed by atoms with Gasteiger partial charge in [0, 0.05) is 110 Å². The van der Waals surface area contributed by atoms with Crippen LogP contribution in [0.3, 0.4) is 0 Å². The van der Waals surface area contributed by atoms with Gasteiger partial charge in [-0.3, -0.25) is 0 Å². The van der Waals surface area contributed by atoms with E-state index in [4.69, 9.17) is 0 Å². The zero-order valence-corrected chi connectivity index (χ0v) is 11.4. The van der Waals surface area contributed by atoms with E-state index in [1.165, 1.54) is 0 Å². The van der Waals surface area contributed by atoms with E-state index in [2.05, 4.69) is 0 Å². The Morgan fingerprint density at radius 1 is 1.00 bits per heavy atom. The van der Waals surface area contributed by atoms with Gasteiger partial charge in [0.1, 0.15) is 0 Å². The molecule has 0 N–H and O–H groups in total.